The van der Waals surface area contributed by atoms with Crippen molar-refractivity contribution in [3.05, 3.63) is 277 Å². The number of benzene rings is 11. The zero-order valence-corrected chi connectivity index (χ0v) is 39.3. The predicted octanol–water partition coefficient (Wildman–Crippen LogP) is 18.6. The van der Waals surface area contributed by atoms with Crippen molar-refractivity contribution < 1.29 is 18.6 Å². The SMILES string of the molecule is c1ccc(N(c2ccc(-c3ccc(N(c4ccccc4)c4ccc5c(c4)Oc4ccccc4O5)c4oc5ccccc5c34)cc2)c2ccc3c(c2)Oc2ccccc2C32c3ccccc3-c3ccccc32)cc1. The van der Waals surface area contributed by atoms with Crippen LogP contribution in [0.5, 0.6) is 34.5 Å². The highest BCUT2D eigenvalue weighted by atomic mass is 16.6. The van der Waals surface area contributed by atoms with Crippen molar-refractivity contribution in [1.82, 2.24) is 0 Å². The molecule has 1 spiro atoms. The smallest absolute Gasteiger partial charge is 0.172 e. The summed E-state index contributed by atoms with van der Waals surface area (Å²) in [5.74, 6) is 4.37. The molecule has 0 atom stereocenters. The van der Waals surface area contributed by atoms with E-state index in [1.54, 1.807) is 0 Å². The molecule has 15 rings (SSSR count). The molecule has 2 aliphatic heterocycles. The lowest BCUT2D eigenvalue weighted by Gasteiger charge is -2.40. The van der Waals surface area contributed by atoms with Crippen LogP contribution in [0.3, 0.4) is 0 Å². The van der Waals surface area contributed by atoms with Crippen LogP contribution in [-0.2, 0) is 5.41 Å². The number of fused-ring (bicyclic) bond motifs is 14. The second-order valence-corrected chi connectivity index (χ2v) is 18.7. The highest BCUT2D eigenvalue weighted by molar-refractivity contribution is 6.17. The van der Waals surface area contributed by atoms with Gasteiger partial charge in [0.2, 0.25) is 0 Å². The van der Waals surface area contributed by atoms with Crippen LogP contribution in [0.1, 0.15) is 22.3 Å². The fourth-order valence-electron chi connectivity index (χ4n) is 11.7. The van der Waals surface area contributed by atoms with Crippen molar-refractivity contribution in [2.75, 3.05) is 9.80 Å². The molecule has 1 aromatic heterocycles. The average molecular weight is 939 g/mol. The van der Waals surface area contributed by atoms with Gasteiger partial charge in [-0.25, -0.2) is 0 Å². The highest BCUT2D eigenvalue weighted by Gasteiger charge is 2.51. The Labute approximate surface area is 421 Å². The first kappa shape index (κ1) is 41.0. The Morgan fingerprint density at radius 2 is 0.795 bits per heavy atom. The molecule has 0 unspecified atom stereocenters. The second kappa shape index (κ2) is 16.1. The van der Waals surface area contributed by atoms with Crippen LogP contribution in [0.15, 0.2) is 259 Å². The molecule has 73 heavy (non-hydrogen) atoms. The van der Waals surface area contributed by atoms with Gasteiger partial charge in [-0.1, -0.05) is 158 Å². The Morgan fingerprint density at radius 3 is 1.52 bits per heavy atom. The van der Waals surface area contributed by atoms with Gasteiger partial charge in [-0.2, -0.15) is 0 Å². The normalized spacial score (nSPS) is 13.1. The van der Waals surface area contributed by atoms with Gasteiger partial charge in [-0.3, -0.25) is 0 Å². The van der Waals surface area contributed by atoms with E-state index in [1.165, 1.54) is 22.3 Å². The lowest BCUT2D eigenvalue weighted by Crippen LogP contribution is -2.32. The molecular formula is C67H42N2O4. The van der Waals surface area contributed by atoms with E-state index < -0.39 is 5.41 Å². The Morgan fingerprint density at radius 1 is 0.301 bits per heavy atom. The fourth-order valence-corrected chi connectivity index (χ4v) is 11.7. The Hall–Kier alpha value is -9.78. The predicted molar refractivity (Wildman–Crippen MR) is 292 cm³/mol. The van der Waals surface area contributed by atoms with E-state index in [0.29, 0.717) is 23.0 Å². The van der Waals surface area contributed by atoms with Gasteiger partial charge in [0.1, 0.15) is 17.1 Å². The van der Waals surface area contributed by atoms with Crippen LogP contribution in [0.2, 0.25) is 0 Å². The molecule has 3 aliphatic rings. The molecule has 0 radical (unpaired) electrons. The third-order valence-electron chi connectivity index (χ3n) is 14.8. The standard InChI is InChI=1S/C67H42N2O4/c1-3-17-44(18-4-1)68(47-35-38-56-63(41-47)70-59-28-14-12-26-55(59)67(56)53-24-10-7-21-50(53)51-22-8-11-25-54(51)67)46-33-31-43(32-34-46)49-37-39-57(66-65(49)52-23-9-13-27-58(52)73-66)69(45-19-5-2-6-20-45)48-36-40-62-64(42-48)72-61-30-16-15-29-60(61)71-62/h1-42H. The summed E-state index contributed by atoms with van der Waals surface area (Å²) in [5, 5.41) is 2.07. The summed E-state index contributed by atoms with van der Waals surface area (Å²) < 4.78 is 26.6. The summed E-state index contributed by atoms with van der Waals surface area (Å²) in [6.07, 6.45) is 0. The Balaban J connectivity index is 0.851. The zero-order chi connectivity index (χ0) is 48.0. The first-order valence-electron chi connectivity index (χ1n) is 24.6. The van der Waals surface area contributed by atoms with E-state index in [9.17, 15) is 0 Å². The van der Waals surface area contributed by atoms with Gasteiger partial charge in [-0.15, -0.1) is 0 Å². The number of nitrogens with zero attached hydrogens (tertiary/aromatic N) is 2. The van der Waals surface area contributed by atoms with E-state index >= 15 is 0 Å². The number of para-hydroxylation sites is 6. The van der Waals surface area contributed by atoms with E-state index in [1.807, 2.05) is 54.6 Å². The van der Waals surface area contributed by atoms with Crippen molar-refractivity contribution in [2.24, 2.45) is 0 Å². The summed E-state index contributed by atoms with van der Waals surface area (Å²) in [6, 6.07) is 89.3. The maximum absolute atomic E-state index is 6.97. The summed E-state index contributed by atoms with van der Waals surface area (Å²) in [7, 11) is 0. The number of hydrogen-bond donors (Lipinski definition) is 0. The molecule has 11 aromatic carbocycles. The van der Waals surface area contributed by atoms with Crippen LogP contribution in [-0.4, -0.2) is 0 Å². The van der Waals surface area contributed by atoms with Crippen molar-refractivity contribution in [3.8, 4) is 56.8 Å². The largest absolute Gasteiger partial charge is 0.457 e. The molecule has 0 amide bonds. The summed E-state index contributed by atoms with van der Waals surface area (Å²) in [6.45, 7) is 0. The highest BCUT2D eigenvalue weighted by Crippen LogP contribution is 2.62. The summed E-state index contributed by atoms with van der Waals surface area (Å²) in [4.78, 5) is 4.54. The second-order valence-electron chi connectivity index (χ2n) is 18.7. The molecule has 0 bridgehead atoms. The minimum Gasteiger partial charge on any atom is -0.457 e. The van der Waals surface area contributed by atoms with E-state index in [4.69, 9.17) is 18.6 Å². The summed E-state index contributed by atoms with van der Waals surface area (Å²) in [5.41, 5.74) is 16.3. The number of furan rings is 1. The lowest BCUT2D eigenvalue weighted by molar-refractivity contribution is 0.360. The van der Waals surface area contributed by atoms with Gasteiger partial charge in [0.15, 0.2) is 28.6 Å². The van der Waals surface area contributed by atoms with Gasteiger partial charge >= 0.3 is 0 Å². The quantitative estimate of drug-likeness (QED) is 0.159. The van der Waals surface area contributed by atoms with Crippen molar-refractivity contribution in [2.45, 2.75) is 5.41 Å². The van der Waals surface area contributed by atoms with Gasteiger partial charge in [-0.05, 0) is 118 Å². The molecular weight excluding hydrogens is 897 g/mol. The van der Waals surface area contributed by atoms with Gasteiger partial charge in [0, 0.05) is 56.8 Å². The average Bonchev–Trinajstić information content (AvgIpc) is 4.04. The maximum atomic E-state index is 6.97. The van der Waals surface area contributed by atoms with E-state index in [2.05, 4.69) is 210 Å². The van der Waals surface area contributed by atoms with Gasteiger partial charge in [0.05, 0.1) is 16.8 Å². The van der Waals surface area contributed by atoms with Crippen LogP contribution in [0.4, 0.5) is 34.1 Å². The molecule has 3 heterocycles. The molecule has 0 saturated heterocycles. The molecule has 0 fully saturated rings. The Kier molecular flexibility index (Phi) is 9.07. The van der Waals surface area contributed by atoms with E-state index in [0.717, 1.165) is 89.8 Å². The van der Waals surface area contributed by atoms with Crippen LogP contribution < -0.4 is 24.0 Å². The minimum absolute atomic E-state index is 0.539. The number of ether oxygens (including phenoxy) is 3. The van der Waals surface area contributed by atoms with Crippen molar-refractivity contribution in [1.29, 1.82) is 0 Å². The first-order chi connectivity index (χ1) is 36.2. The number of hydrogen-bond acceptors (Lipinski definition) is 6. The molecule has 1 aliphatic carbocycles. The molecule has 344 valence electrons. The Bertz CT molecular complexity index is 4100. The van der Waals surface area contributed by atoms with Crippen LogP contribution in [0, 0.1) is 0 Å². The monoisotopic (exact) mass is 938 g/mol. The fraction of sp³-hybridized carbons (Fsp3) is 0.0149. The summed E-state index contributed by atoms with van der Waals surface area (Å²) >= 11 is 0. The molecule has 6 nitrogen and oxygen atoms in total. The minimum atomic E-state index is -0.539. The molecule has 0 N–H and O–H groups in total. The first-order valence-corrected chi connectivity index (χ1v) is 24.6. The third kappa shape index (κ3) is 6.24. The van der Waals surface area contributed by atoms with Crippen LogP contribution >= 0.6 is 0 Å². The van der Waals surface area contributed by atoms with Gasteiger partial charge < -0.3 is 28.4 Å². The molecule has 12 aromatic rings. The maximum Gasteiger partial charge on any atom is 0.172 e. The topological polar surface area (TPSA) is 47.3 Å². The van der Waals surface area contributed by atoms with Crippen molar-refractivity contribution in [3.63, 3.8) is 0 Å². The molecule has 6 heteroatoms. The zero-order valence-electron chi connectivity index (χ0n) is 39.3. The van der Waals surface area contributed by atoms with Crippen molar-refractivity contribution >= 4 is 56.1 Å². The molecule has 0 saturated carbocycles. The lowest BCUT2D eigenvalue weighted by atomic mass is 9.66. The number of rotatable bonds is 7. The number of anilines is 6. The van der Waals surface area contributed by atoms with Gasteiger partial charge in [0.25, 0.3) is 0 Å². The van der Waals surface area contributed by atoms with E-state index in [-0.39, 0.29) is 0 Å². The third-order valence-corrected chi connectivity index (χ3v) is 14.8. The van der Waals surface area contributed by atoms with Crippen LogP contribution in [0.25, 0.3) is 44.2 Å².